The molecule has 4 nitrogen and oxygen atoms in total. The fourth-order valence-electron chi connectivity index (χ4n) is 3.65. The van der Waals surface area contributed by atoms with Crippen LogP contribution in [0.25, 0.3) is 0 Å². The van der Waals surface area contributed by atoms with E-state index in [4.69, 9.17) is 4.84 Å². The van der Waals surface area contributed by atoms with Gasteiger partial charge in [0.1, 0.15) is 5.76 Å². The zero-order valence-electron chi connectivity index (χ0n) is 21.9. The van der Waals surface area contributed by atoms with Gasteiger partial charge in [-0.15, -0.1) is 0 Å². The van der Waals surface area contributed by atoms with Crippen LogP contribution in [0.3, 0.4) is 0 Å². The van der Waals surface area contributed by atoms with Gasteiger partial charge >= 0.3 is 0 Å². The molecule has 0 spiro atoms. The molecular weight excluding hydrogens is 408 g/mol. The number of nitrogens with one attached hydrogen (secondary N) is 1. The third-order valence-corrected chi connectivity index (χ3v) is 5.82. The molecule has 4 heteroatoms. The Morgan fingerprint density at radius 3 is 2.15 bits per heavy atom. The Morgan fingerprint density at radius 2 is 1.58 bits per heavy atom. The van der Waals surface area contributed by atoms with Crippen LogP contribution in [0.5, 0.6) is 0 Å². The largest absolute Gasteiger partial charge is 0.360 e. The molecule has 1 N–H and O–H groups in total. The van der Waals surface area contributed by atoms with Gasteiger partial charge in [-0.1, -0.05) is 116 Å². The van der Waals surface area contributed by atoms with Crippen molar-refractivity contribution in [2.75, 3.05) is 6.54 Å². The van der Waals surface area contributed by atoms with Crippen LogP contribution in [-0.4, -0.2) is 18.2 Å². The van der Waals surface area contributed by atoms with Crippen LogP contribution in [0.15, 0.2) is 41.8 Å². The molecular formula is C29H48N2O2. The molecule has 0 aliphatic carbocycles. The lowest BCUT2D eigenvalue weighted by molar-refractivity contribution is -0.121. The maximum absolute atomic E-state index is 11.9. The van der Waals surface area contributed by atoms with Crippen LogP contribution < -0.4 is 5.32 Å². The Morgan fingerprint density at radius 1 is 0.970 bits per heavy atom. The number of aryl methyl sites for hydroxylation is 1. The summed E-state index contributed by atoms with van der Waals surface area (Å²) in [6.45, 7) is 14.9. The summed E-state index contributed by atoms with van der Waals surface area (Å²) in [6.07, 6.45) is 13.3. The number of carbonyl (C=O) groups excluding carboxylic acids is 1. The van der Waals surface area contributed by atoms with Crippen LogP contribution in [0.2, 0.25) is 0 Å². The number of rotatable bonds is 18. The van der Waals surface area contributed by atoms with E-state index in [-0.39, 0.29) is 18.4 Å². The van der Waals surface area contributed by atoms with Crippen molar-refractivity contribution in [1.29, 1.82) is 0 Å². The first kappa shape index (κ1) is 28.9. The van der Waals surface area contributed by atoms with Crippen molar-refractivity contribution in [2.24, 2.45) is 17.0 Å². The summed E-state index contributed by atoms with van der Waals surface area (Å²) in [7, 11) is 0. The van der Waals surface area contributed by atoms with Crippen LogP contribution in [-0.2, 0) is 16.1 Å². The topological polar surface area (TPSA) is 50.7 Å². The van der Waals surface area contributed by atoms with E-state index in [0.717, 1.165) is 24.1 Å². The van der Waals surface area contributed by atoms with E-state index in [1.165, 1.54) is 56.9 Å². The monoisotopic (exact) mass is 456 g/mol. The van der Waals surface area contributed by atoms with Crippen molar-refractivity contribution in [3.05, 3.63) is 47.7 Å². The molecule has 0 aromatic heterocycles. The van der Waals surface area contributed by atoms with Crippen molar-refractivity contribution in [3.63, 3.8) is 0 Å². The minimum absolute atomic E-state index is 0.0218. The third-order valence-electron chi connectivity index (χ3n) is 5.82. The second-order valence-electron chi connectivity index (χ2n) is 9.89. The number of carbonyl (C=O) groups is 1. The third kappa shape index (κ3) is 13.9. The second-order valence-corrected chi connectivity index (χ2v) is 9.89. The summed E-state index contributed by atoms with van der Waals surface area (Å²) < 4.78 is 0. The summed E-state index contributed by atoms with van der Waals surface area (Å²) >= 11 is 0. The fraction of sp³-hybridized carbons (Fsp3) is 0.655. The summed E-state index contributed by atoms with van der Waals surface area (Å²) in [5.41, 5.74) is 3.33. The molecule has 0 atom stereocenters. The van der Waals surface area contributed by atoms with Gasteiger partial charge in [0.2, 0.25) is 5.91 Å². The number of hydrogen-bond acceptors (Lipinski definition) is 3. The zero-order valence-corrected chi connectivity index (χ0v) is 21.9. The van der Waals surface area contributed by atoms with Gasteiger partial charge in [-0.3, -0.25) is 4.79 Å². The molecule has 1 aromatic carbocycles. The number of oxime groups is 1. The smallest absolute Gasteiger partial charge is 0.220 e. The molecule has 0 aliphatic heterocycles. The van der Waals surface area contributed by atoms with Gasteiger partial charge < -0.3 is 10.2 Å². The highest BCUT2D eigenvalue weighted by Gasteiger charge is 2.11. The van der Waals surface area contributed by atoms with E-state index < -0.39 is 0 Å². The molecule has 1 aromatic rings. The van der Waals surface area contributed by atoms with Gasteiger partial charge in [0.15, 0.2) is 0 Å². The molecule has 186 valence electrons. The molecule has 0 bridgehead atoms. The van der Waals surface area contributed by atoms with E-state index in [9.17, 15) is 4.79 Å². The summed E-state index contributed by atoms with van der Waals surface area (Å²) in [5.74, 6) is 1.20. The van der Waals surface area contributed by atoms with Crippen molar-refractivity contribution in [2.45, 2.75) is 105 Å². The molecule has 1 amide bonds. The van der Waals surface area contributed by atoms with Crippen molar-refractivity contribution in [1.82, 2.24) is 5.32 Å². The number of hydrogen-bond donors (Lipinski definition) is 1. The molecule has 0 saturated carbocycles. The maximum atomic E-state index is 11.9. The van der Waals surface area contributed by atoms with Crippen molar-refractivity contribution in [3.8, 4) is 0 Å². The Bertz CT molecular complexity index is 705. The molecule has 0 unspecified atom stereocenters. The van der Waals surface area contributed by atoms with E-state index in [0.29, 0.717) is 18.1 Å². The fourth-order valence-corrected chi connectivity index (χ4v) is 3.65. The van der Waals surface area contributed by atoms with Gasteiger partial charge in [0, 0.05) is 6.42 Å². The molecule has 0 fully saturated rings. The van der Waals surface area contributed by atoms with Crippen molar-refractivity contribution < 1.29 is 9.63 Å². The lowest BCUT2D eigenvalue weighted by atomic mass is 9.97. The normalized spacial score (nSPS) is 11.8. The quantitative estimate of drug-likeness (QED) is 0.106. The van der Waals surface area contributed by atoms with E-state index in [1.54, 1.807) is 0 Å². The first-order valence-electron chi connectivity index (χ1n) is 13.1. The minimum Gasteiger partial charge on any atom is -0.360 e. The van der Waals surface area contributed by atoms with E-state index >= 15 is 0 Å². The van der Waals surface area contributed by atoms with Gasteiger partial charge in [0.25, 0.3) is 0 Å². The first-order chi connectivity index (χ1) is 15.8. The van der Waals surface area contributed by atoms with E-state index in [2.05, 4.69) is 75.9 Å². The van der Waals surface area contributed by atoms with Crippen LogP contribution in [0.1, 0.15) is 110 Å². The predicted molar refractivity (Wildman–Crippen MR) is 141 cm³/mol. The molecule has 0 saturated heterocycles. The van der Waals surface area contributed by atoms with Crippen LogP contribution >= 0.6 is 0 Å². The van der Waals surface area contributed by atoms with Crippen LogP contribution in [0.4, 0.5) is 0 Å². The Hall–Kier alpha value is -2.10. The molecule has 0 heterocycles. The molecule has 0 radical (unpaired) electrons. The molecule has 1 rings (SSSR count). The average Bonchev–Trinajstić information content (AvgIpc) is 2.78. The Kier molecular flexibility index (Phi) is 15.2. The van der Waals surface area contributed by atoms with E-state index in [1.807, 2.05) is 0 Å². The second kappa shape index (κ2) is 17.4. The Labute approximate surface area is 203 Å². The van der Waals surface area contributed by atoms with Gasteiger partial charge in [-0.25, -0.2) is 0 Å². The molecule has 0 aliphatic rings. The van der Waals surface area contributed by atoms with Gasteiger partial charge in [-0.05, 0) is 42.2 Å². The zero-order chi connectivity index (χ0) is 24.5. The van der Waals surface area contributed by atoms with Gasteiger partial charge in [0.05, 0.1) is 12.3 Å². The maximum Gasteiger partial charge on any atom is 0.220 e. The summed E-state index contributed by atoms with van der Waals surface area (Å²) in [4.78, 5) is 17.4. The first-order valence-corrected chi connectivity index (χ1v) is 13.1. The highest BCUT2D eigenvalue weighted by Crippen LogP contribution is 2.15. The number of nitrogens with zero attached hydrogens (tertiary/aromatic N) is 1. The lowest BCUT2D eigenvalue weighted by Crippen LogP contribution is -2.25. The summed E-state index contributed by atoms with van der Waals surface area (Å²) in [5, 5.41) is 7.20. The summed E-state index contributed by atoms with van der Waals surface area (Å²) in [6, 6.07) is 8.69. The predicted octanol–water partition coefficient (Wildman–Crippen LogP) is 7.81. The van der Waals surface area contributed by atoms with Crippen LogP contribution in [0, 0.1) is 11.8 Å². The highest BCUT2D eigenvalue weighted by molar-refractivity contribution is 6.01. The minimum atomic E-state index is 0.0218. The molecule has 33 heavy (non-hydrogen) atoms. The Balaban J connectivity index is 2.45. The number of benzene rings is 1. The average molecular weight is 457 g/mol. The highest BCUT2D eigenvalue weighted by atomic mass is 16.6. The van der Waals surface area contributed by atoms with Crippen molar-refractivity contribution >= 4 is 11.6 Å². The number of unbranched alkanes of at least 4 members (excludes halogenated alkanes) is 7. The van der Waals surface area contributed by atoms with Gasteiger partial charge in [-0.2, -0.15) is 0 Å². The standard InChI is InChI=1S/C29H48N2O2/c1-7-8-9-10-11-12-13-14-15-26-17-19-27(20-18-26)29(24(4)5)31-33-25(6)22-30-28(32)21-16-23(2)3/h17-20,23-24H,6-16,21-22H2,1-5H3,(H,30,32)/b31-29+. The number of amides is 1. The SMILES string of the molecule is C=C(CNC(=O)CCC(C)C)O/N=C(/c1ccc(CCCCCCCCCC)cc1)C(C)C. The lowest BCUT2D eigenvalue weighted by Gasteiger charge is -2.12.